The van der Waals surface area contributed by atoms with Crippen LogP contribution in [-0.2, 0) is 9.59 Å². The summed E-state index contributed by atoms with van der Waals surface area (Å²) in [4.78, 5) is 22.0. The Labute approximate surface area is 82.7 Å². The zero-order valence-corrected chi connectivity index (χ0v) is 8.25. The lowest BCUT2D eigenvalue weighted by atomic mass is 10.1. The zero-order valence-electron chi connectivity index (χ0n) is 8.25. The summed E-state index contributed by atoms with van der Waals surface area (Å²) in [6.07, 6.45) is 1.85. The molecule has 1 unspecified atom stereocenters. The second-order valence-corrected chi connectivity index (χ2v) is 3.82. The Bertz CT molecular complexity index is 248. The molecule has 0 bridgehead atoms. The summed E-state index contributed by atoms with van der Waals surface area (Å²) in [7, 11) is 0. The molecular weight excluding hydrogens is 184 g/mol. The summed E-state index contributed by atoms with van der Waals surface area (Å²) in [5.41, 5.74) is 4.78. The highest BCUT2D eigenvalue weighted by Gasteiger charge is 2.50. The van der Waals surface area contributed by atoms with Crippen LogP contribution in [0.15, 0.2) is 0 Å². The van der Waals surface area contributed by atoms with Gasteiger partial charge in [0.15, 0.2) is 0 Å². The van der Waals surface area contributed by atoms with Crippen molar-refractivity contribution >= 4 is 11.9 Å². The van der Waals surface area contributed by atoms with E-state index in [4.69, 9.17) is 10.8 Å². The first kappa shape index (κ1) is 11.0. The van der Waals surface area contributed by atoms with E-state index in [1.807, 2.05) is 6.92 Å². The highest BCUT2D eigenvalue weighted by Crippen LogP contribution is 2.45. The molecule has 1 amide bonds. The number of carboxylic acid groups (broad SMARTS) is 1. The van der Waals surface area contributed by atoms with Gasteiger partial charge in [-0.05, 0) is 19.3 Å². The van der Waals surface area contributed by atoms with Gasteiger partial charge in [0, 0.05) is 6.54 Å². The Morgan fingerprint density at radius 1 is 1.57 bits per heavy atom. The number of nitrogens with one attached hydrogen (secondary N) is 1. The molecule has 0 radical (unpaired) electrons. The third-order valence-corrected chi connectivity index (χ3v) is 2.68. The zero-order chi connectivity index (χ0) is 10.8. The third kappa shape index (κ3) is 2.23. The van der Waals surface area contributed by atoms with Gasteiger partial charge in [-0.15, -0.1) is 0 Å². The van der Waals surface area contributed by atoms with Crippen LogP contribution in [0, 0.1) is 5.41 Å². The summed E-state index contributed by atoms with van der Waals surface area (Å²) < 4.78 is 0. The highest BCUT2D eigenvalue weighted by atomic mass is 16.4. The maximum absolute atomic E-state index is 11.2. The molecule has 4 N–H and O–H groups in total. The number of rotatable bonds is 5. The van der Waals surface area contributed by atoms with Crippen molar-refractivity contribution in [2.45, 2.75) is 32.2 Å². The van der Waals surface area contributed by atoms with Crippen LogP contribution >= 0.6 is 0 Å². The topological polar surface area (TPSA) is 92.4 Å². The Balaban J connectivity index is 2.34. The van der Waals surface area contributed by atoms with Crippen LogP contribution in [0.25, 0.3) is 0 Å². The van der Waals surface area contributed by atoms with Crippen molar-refractivity contribution in [3.8, 4) is 0 Å². The van der Waals surface area contributed by atoms with E-state index in [0.717, 1.165) is 0 Å². The van der Waals surface area contributed by atoms with Gasteiger partial charge in [-0.3, -0.25) is 9.59 Å². The third-order valence-electron chi connectivity index (χ3n) is 2.68. The molecule has 0 aromatic rings. The summed E-state index contributed by atoms with van der Waals surface area (Å²) in [6, 6.07) is -0.528. The molecule has 1 aliphatic rings. The van der Waals surface area contributed by atoms with Crippen molar-refractivity contribution in [2.24, 2.45) is 11.1 Å². The van der Waals surface area contributed by atoms with Crippen LogP contribution in [-0.4, -0.2) is 29.6 Å². The van der Waals surface area contributed by atoms with E-state index in [9.17, 15) is 9.59 Å². The van der Waals surface area contributed by atoms with Crippen LogP contribution in [0.5, 0.6) is 0 Å². The van der Waals surface area contributed by atoms with E-state index in [1.54, 1.807) is 0 Å². The molecule has 14 heavy (non-hydrogen) atoms. The van der Waals surface area contributed by atoms with Crippen LogP contribution in [0.2, 0.25) is 0 Å². The molecule has 80 valence electrons. The number of hydrogen-bond donors (Lipinski definition) is 3. The average molecular weight is 200 g/mol. The van der Waals surface area contributed by atoms with Gasteiger partial charge in [0.05, 0.1) is 11.5 Å². The average Bonchev–Trinajstić information content (AvgIpc) is 2.93. The number of carbonyl (C=O) groups excluding carboxylic acids is 1. The SMILES string of the molecule is CCC(N)C(=O)NCC1(C(=O)O)CC1. The normalized spacial score (nSPS) is 19.9. The molecule has 5 heteroatoms. The first-order valence-corrected chi connectivity index (χ1v) is 4.78. The lowest BCUT2D eigenvalue weighted by molar-refractivity contribution is -0.143. The Kier molecular flexibility index (Phi) is 3.10. The van der Waals surface area contributed by atoms with Crippen molar-refractivity contribution in [2.75, 3.05) is 6.54 Å². The van der Waals surface area contributed by atoms with Gasteiger partial charge in [0.2, 0.25) is 5.91 Å². The number of hydrogen-bond acceptors (Lipinski definition) is 3. The predicted octanol–water partition coefficient (Wildman–Crippen LogP) is -0.295. The fourth-order valence-electron chi connectivity index (χ4n) is 1.19. The molecule has 5 nitrogen and oxygen atoms in total. The summed E-state index contributed by atoms with van der Waals surface area (Å²) in [6.45, 7) is 2.02. The van der Waals surface area contributed by atoms with Gasteiger partial charge >= 0.3 is 5.97 Å². The standard InChI is InChI=1S/C9H16N2O3/c1-2-6(10)7(12)11-5-9(3-4-9)8(13)14/h6H,2-5,10H2,1H3,(H,11,12)(H,13,14). The molecule has 0 spiro atoms. The minimum Gasteiger partial charge on any atom is -0.481 e. The van der Waals surface area contributed by atoms with E-state index in [1.165, 1.54) is 0 Å². The maximum atomic E-state index is 11.2. The molecule has 0 heterocycles. The summed E-state index contributed by atoms with van der Waals surface area (Å²) in [5.74, 6) is -1.09. The quantitative estimate of drug-likeness (QED) is 0.568. The highest BCUT2D eigenvalue weighted by molar-refractivity contribution is 5.83. The first-order chi connectivity index (χ1) is 6.52. The Morgan fingerprint density at radius 2 is 2.14 bits per heavy atom. The minimum absolute atomic E-state index is 0.203. The van der Waals surface area contributed by atoms with E-state index in [-0.39, 0.29) is 12.5 Å². The Hall–Kier alpha value is -1.10. The monoisotopic (exact) mass is 200 g/mol. The molecule has 0 aromatic carbocycles. The molecule has 1 atom stereocenters. The molecule has 0 aromatic heterocycles. The van der Waals surface area contributed by atoms with Crippen LogP contribution in [0.1, 0.15) is 26.2 Å². The van der Waals surface area contributed by atoms with Gasteiger partial charge in [-0.2, -0.15) is 0 Å². The minimum atomic E-state index is -0.831. The van der Waals surface area contributed by atoms with Gasteiger partial charge in [-0.25, -0.2) is 0 Å². The van der Waals surface area contributed by atoms with Gasteiger partial charge in [0.1, 0.15) is 0 Å². The largest absolute Gasteiger partial charge is 0.481 e. The smallest absolute Gasteiger partial charge is 0.311 e. The summed E-state index contributed by atoms with van der Waals surface area (Å²) >= 11 is 0. The van der Waals surface area contributed by atoms with Gasteiger partial charge in [0.25, 0.3) is 0 Å². The molecular formula is C9H16N2O3. The van der Waals surface area contributed by atoms with E-state index >= 15 is 0 Å². The van der Waals surface area contributed by atoms with Gasteiger partial charge in [-0.1, -0.05) is 6.92 Å². The summed E-state index contributed by atoms with van der Waals surface area (Å²) in [5, 5.41) is 11.4. The van der Waals surface area contributed by atoms with Crippen molar-refractivity contribution in [3.05, 3.63) is 0 Å². The molecule has 0 aliphatic heterocycles. The first-order valence-electron chi connectivity index (χ1n) is 4.78. The second-order valence-electron chi connectivity index (χ2n) is 3.82. The predicted molar refractivity (Wildman–Crippen MR) is 50.6 cm³/mol. The van der Waals surface area contributed by atoms with E-state index < -0.39 is 17.4 Å². The second kappa shape index (κ2) is 3.96. The van der Waals surface area contributed by atoms with Gasteiger partial charge < -0.3 is 16.2 Å². The number of nitrogens with two attached hydrogens (primary N) is 1. The lowest BCUT2D eigenvalue weighted by Crippen LogP contribution is -2.43. The molecule has 0 saturated heterocycles. The molecule has 1 saturated carbocycles. The molecule has 1 rings (SSSR count). The number of amides is 1. The van der Waals surface area contributed by atoms with Crippen molar-refractivity contribution in [1.82, 2.24) is 5.32 Å². The van der Waals surface area contributed by atoms with E-state index in [0.29, 0.717) is 19.3 Å². The number of carbonyl (C=O) groups is 2. The van der Waals surface area contributed by atoms with Crippen molar-refractivity contribution in [1.29, 1.82) is 0 Å². The maximum Gasteiger partial charge on any atom is 0.311 e. The fourth-order valence-corrected chi connectivity index (χ4v) is 1.19. The van der Waals surface area contributed by atoms with Crippen LogP contribution < -0.4 is 11.1 Å². The molecule has 1 aliphatic carbocycles. The van der Waals surface area contributed by atoms with Crippen LogP contribution in [0.3, 0.4) is 0 Å². The fraction of sp³-hybridized carbons (Fsp3) is 0.778. The number of carboxylic acids is 1. The van der Waals surface area contributed by atoms with Crippen molar-refractivity contribution < 1.29 is 14.7 Å². The molecule has 1 fully saturated rings. The van der Waals surface area contributed by atoms with E-state index in [2.05, 4.69) is 5.32 Å². The number of aliphatic carboxylic acids is 1. The Morgan fingerprint density at radius 3 is 2.50 bits per heavy atom. The van der Waals surface area contributed by atoms with Crippen molar-refractivity contribution in [3.63, 3.8) is 0 Å². The lowest BCUT2D eigenvalue weighted by Gasteiger charge is -2.13. The van der Waals surface area contributed by atoms with Crippen LogP contribution in [0.4, 0.5) is 0 Å².